The molecule has 0 aliphatic heterocycles. The predicted octanol–water partition coefficient (Wildman–Crippen LogP) is 5.66. The summed E-state index contributed by atoms with van der Waals surface area (Å²) in [6.45, 7) is 4.19. The van der Waals surface area contributed by atoms with Crippen molar-refractivity contribution in [3.8, 4) is 28.5 Å². The SMILES string of the molecule is CCOc1ccc(-c2nnc(S[C@H](C)C(=O)Nc3nc(-c4ccc(F)c(F)c4)cs3)o2)cc1. The highest BCUT2D eigenvalue weighted by Crippen LogP contribution is 2.29. The van der Waals surface area contributed by atoms with Crippen LogP contribution < -0.4 is 10.1 Å². The van der Waals surface area contributed by atoms with Gasteiger partial charge in [-0.15, -0.1) is 21.5 Å². The molecule has 0 aliphatic carbocycles. The zero-order chi connectivity index (χ0) is 23.4. The summed E-state index contributed by atoms with van der Waals surface area (Å²) in [5.41, 5.74) is 1.59. The minimum Gasteiger partial charge on any atom is -0.494 e. The summed E-state index contributed by atoms with van der Waals surface area (Å²) in [6.07, 6.45) is 0. The van der Waals surface area contributed by atoms with Crippen LogP contribution in [0.15, 0.2) is 57.5 Å². The van der Waals surface area contributed by atoms with E-state index in [0.717, 1.165) is 35.2 Å². The molecule has 4 aromatic rings. The fourth-order valence-corrected chi connectivity index (χ4v) is 4.17. The zero-order valence-electron chi connectivity index (χ0n) is 17.5. The quantitative estimate of drug-likeness (QED) is 0.320. The number of rotatable bonds is 8. The van der Waals surface area contributed by atoms with Crippen LogP contribution in [-0.2, 0) is 4.79 Å². The van der Waals surface area contributed by atoms with E-state index in [4.69, 9.17) is 9.15 Å². The molecule has 0 unspecified atom stereocenters. The van der Waals surface area contributed by atoms with E-state index in [9.17, 15) is 13.6 Å². The van der Waals surface area contributed by atoms with Crippen molar-refractivity contribution in [2.45, 2.75) is 24.3 Å². The number of nitrogens with one attached hydrogen (secondary N) is 1. The Morgan fingerprint density at radius 3 is 2.64 bits per heavy atom. The summed E-state index contributed by atoms with van der Waals surface area (Å²) >= 11 is 2.30. The molecule has 2 aromatic heterocycles. The molecule has 0 saturated carbocycles. The van der Waals surface area contributed by atoms with E-state index in [-0.39, 0.29) is 11.1 Å². The number of halogens is 2. The second-order valence-electron chi connectivity index (χ2n) is 6.75. The van der Waals surface area contributed by atoms with Crippen LogP contribution in [0.2, 0.25) is 0 Å². The Hall–Kier alpha value is -3.31. The van der Waals surface area contributed by atoms with Gasteiger partial charge in [-0.2, -0.15) is 0 Å². The number of hydrogen-bond donors (Lipinski definition) is 1. The molecule has 33 heavy (non-hydrogen) atoms. The van der Waals surface area contributed by atoms with Crippen molar-refractivity contribution in [2.75, 3.05) is 11.9 Å². The van der Waals surface area contributed by atoms with Gasteiger partial charge in [-0.1, -0.05) is 11.8 Å². The average molecular weight is 489 g/mol. The van der Waals surface area contributed by atoms with Gasteiger partial charge in [-0.25, -0.2) is 13.8 Å². The number of amides is 1. The smallest absolute Gasteiger partial charge is 0.277 e. The molecular weight excluding hydrogens is 470 g/mol. The summed E-state index contributed by atoms with van der Waals surface area (Å²) in [5.74, 6) is -1.12. The Morgan fingerprint density at radius 1 is 1.15 bits per heavy atom. The first kappa shape index (κ1) is 22.9. The van der Waals surface area contributed by atoms with Gasteiger partial charge in [-0.3, -0.25) is 4.79 Å². The summed E-state index contributed by atoms with van der Waals surface area (Å²) in [5, 5.41) is 12.4. The molecule has 0 saturated heterocycles. The van der Waals surface area contributed by atoms with E-state index in [1.165, 1.54) is 17.4 Å². The van der Waals surface area contributed by atoms with Gasteiger partial charge in [0.25, 0.3) is 5.22 Å². The molecule has 0 fully saturated rings. The fourth-order valence-electron chi connectivity index (χ4n) is 2.77. The molecule has 1 atom stereocenters. The van der Waals surface area contributed by atoms with Gasteiger partial charge < -0.3 is 14.5 Å². The van der Waals surface area contributed by atoms with E-state index in [0.29, 0.717) is 28.9 Å². The lowest BCUT2D eigenvalue weighted by Crippen LogP contribution is -2.22. The van der Waals surface area contributed by atoms with Crippen LogP contribution in [0.5, 0.6) is 5.75 Å². The van der Waals surface area contributed by atoms with Crippen molar-refractivity contribution in [1.29, 1.82) is 0 Å². The number of ether oxygens (including phenoxy) is 1. The third-order valence-corrected chi connectivity index (χ3v) is 6.11. The Labute approximate surface area is 196 Å². The van der Waals surface area contributed by atoms with Crippen LogP contribution in [0.4, 0.5) is 13.9 Å². The Balaban J connectivity index is 1.36. The number of carbonyl (C=O) groups is 1. The zero-order valence-corrected chi connectivity index (χ0v) is 19.2. The van der Waals surface area contributed by atoms with Crippen LogP contribution in [-0.4, -0.2) is 32.9 Å². The second kappa shape index (κ2) is 10.1. The monoisotopic (exact) mass is 488 g/mol. The van der Waals surface area contributed by atoms with Crippen LogP contribution in [0.3, 0.4) is 0 Å². The Kier molecular flexibility index (Phi) is 6.99. The number of benzene rings is 2. The number of carbonyl (C=O) groups excluding carboxylic acids is 1. The lowest BCUT2D eigenvalue weighted by atomic mass is 10.2. The molecular formula is C22H18F2N4O3S2. The Bertz CT molecular complexity index is 1260. The molecule has 0 radical (unpaired) electrons. The first-order valence-electron chi connectivity index (χ1n) is 9.88. The molecule has 170 valence electrons. The molecule has 4 rings (SSSR count). The number of hydrogen-bond acceptors (Lipinski definition) is 8. The van der Waals surface area contributed by atoms with Crippen LogP contribution in [0, 0.1) is 11.6 Å². The summed E-state index contributed by atoms with van der Waals surface area (Å²) in [4.78, 5) is 16.8. The maximum Gasteiger partial charge on any atom is 0.277 e. The van der Waals surface area contributed by atoms with E-state index in [1.807, 2.05) is 31.2 Å². The van der Waals surface area contributed by atoms with Gasteiger partial charge in [0.15, 0.2) is 16.8 Å². The molecule has 1 amide bonds. The van der Waals surface area contributed by atoms with Gasteiger partial charge in [0, 0.05) is 16.5 Å². The normalized spacial score (nSPS) is 11.9. The van der Waals surface area contributed by atoms with Gasteiger partial charge in [0.1, 0.15) is 5.75 Å². The van der Waals surface area contributed by atoms with Crippen LogP contribution in [0.25, 0.3) is 22.7 Å². The van der Waals surface area contributed by atoms with E-state index < -0.39 is 16.9 Å². The van der Waals surface area contributed by atoms with Crippen molar-refractivity contribution < 1.29 is 22.7 Å². The maximum absolute atomic E-state index is 13.5. The van der Waals surface area contributed by atoms with Crippen molar-refractivity contribution in [3.05, 3.63) is 59.5 Å². The molecule has 0 bridgehead atoms. The summed E-state index contributed by atoms with van der Waals surface area (Å²) in [7, 11) is 0. The molecule has 0 spiro atoms. The molecule has 11 heteroatoms. The van der Waals surface area contributed by atoms with Crippen molar-refractivity contribution >= 4 is 34.1 Å². The highest BCUT2D eigenvalue weighted by atomic mass is 32.2. The van der Waals surface area contributed by atoms with Gasteiger partial charge in [0.2, 0.25) is 11.8 Å². The van der Waals surface area contributed by atoms with Crippen molar-refractivity contribution in [3.63, 3.8) is 0 Å². The molecule has 1 N–H and O–H groups in total. The highest BCUT2D eigenvalue weighted by Gasteiger charge is 2.20. The van der Waals surface area contributed by atoms with E-state index in [1.54, 1.807) is 12.3 Å². The standard InChI is InChI=1S/C22H18F2N4O3S2/c1-3-30-15-7-4-13(5-8-15)20-27-28-22(31-20)33-12(2)19(29)26-21-25-18(11-32-21)14-6-9-16(23)17(24)10-14/h4-12H,3H2,1-2H3,(H,25,26,29)/t12-/m1/s1. The molecule has 0 aliphatic rings. The largest absolute Gasteiger partial charge is 0.494 e. The predicted molar refractivity (Wildman–Crippen MR) is 122 cm³/mol. The van der Waals surface area contributed by atoms with Gasteiger partial charge in [-0.05, 0) is 56.3 Å². The van der Waals surface area contributed by atoms with Gasteiger partial charge >= 0.3 is 0 Å². The first-order valence-corrected chi connectivity index (χ1v) is 11.6. The number of thioether (sulfide) groups is 1. The van der Waals surface area contributed by atoms with Gasteiger partial charge in [0.05, 0.1) is 17.6 Å². The highest BCUT2D eigenvalue weighted by molar-refractivity contribution is 8.00. The van der Waals surface area contributed by atoms with Crippen molar-refractivity contribution in [2.24, 2.45) is 0 Å². The van der Waals surface area contributed by atoms with Crippen LogP contribution >= 0.6 is 23.1 Å². The molecule has 2 aromatic carbocycles. The minimum absolute atomic E-state index is 0.253. The topological polar surface area (TPSA) is 90.1 Å². The summed E-state index contributed by atoms with van der Waals surface area (Å²) < 4.78 is 37.7. The molecule has 2 heterocycles. The van der Waals surface area contributed by atoms with E-state index in [2.05, 4.69) is 20.5 Å². The number of anilines is 1. The Morgan fingerprint density at radius 2 is 1.91 bits per heavy atom. The minimum atomic E-state index is -0.958. The third-order valence-electron chi connectivity index (χ3n) is 4.42. The number of nitrogens with zero attached hydrogens (tertiary/aromatic N) is 3. The number of aromatic nitrogens is 3. The fraction of sp³-hybridized carbons (Fsp3) is 0.182. The van der Waals surface area contributed by atoms with Crippen molar-refractivity contribution in [1.82, 2.24) is 15.2 Å². The first-order chi connectivity index (χ1) is 15.9. The summed E-state index contributed by atoms with van der Waals surface area (Å²) in [6, 6.07) is 10.8. The van der Waals surface area contributed by atoms with E-state index >= 15 is 0 Å². The second-order valence-corrected chi connectivity index (χ2v) is 8.90. The lowest BCUT2D eigenvalue weighted by Gasteiger charge is -2.07. The molecule has 7 nitrogen and oxygen atoms in total. The third kappa shape index (κ3) is 5.55. The lowest BCUT2D eigenvalue weighted by molar-refractivity contribution is -0.115. The van der Waals surface area contributed by atoms with Crippen LogP contribution in [0.1, 0.15) is 13.8 Å². The average Bonchev–Trinajstić information content (AvgIpc) is 3.46. The maximum atomic E-state index is 13.5. The number of thiazole rings is 1.